The summed E-state index contributed by atoms with van der Waals surface area (Å²) in [4.78, 5) is 92.7. The molecule has 0 bridgehead atoms. The van der Waals surface area contributed by atoms with Gasteiger partial charge in [-0.3, -0.25) is 33.7 Å². The number of likely N-dealkylation sites (tertiary alicyclic amines) is 1. The molecule has 21 heteroatoms. The molecule has 6 N–H and O–H groups in total. The number of β-amino-alcohol motifs (C(OH)–C–C–N with tert-alkyl or cyclic N) is 1. The summed E-state index contributed by atoms with van der Waals surface area (Å²) in [5.74, 6) is -3.28. The van der Waals surface area contributed by atoms with E-state index in [4.69, 9.17) is 0 Å². The molecule has 5 amide bonds. The second-order valence-corrected chi connectivity index (χ2v) is 23.1. The zero-order valence-electron chi connectivity index (χ0n) is 46.4. The first-order chi connectivity index (χ1) is 37.9. The number of rotatable bonds is 21. The smallest absolute Gasteiger partial charge is 0.391 e. The molecule has 1 unspecified atom stereocenters. The molecule has 3 aromatic carbocycles. The van der Waals surface area contributed by atoms with Crippen LogP contribution >= 0.6 is 11.3 Å². The van der Waals surface area contributed by atoms with Gasteiger partial charge in [-0.15, -0.1) is 11.3 Å². The number of H-pyrrole nitrogens is 1. The highest BCUT2D eigenvalue weighted by molar-refractivity contribution is 7.13. The molecule has 0 aliphatic carbocycles. The van der Waals surface area contributed by atoms with Crippen molar-refractivity contribution in [3.05, 3.63) is 123 Å². The van der Waals surface area contributed by atoms with Gasteiger partial charge in [-0.2, -0.15) is 13.2 Å². The van der Waals surface area contributed by atoms with E-state index in [0.29, 0.717) is 50.4 Å². The maximum atomic E-state index is 15.6. The number of benzene rings is 3. The first-order valence-electron chi connectivity index (χ1n) is 27.2. The van der Waals surface area contributed by atoms with Crippen LogP contribution in [0.4, 0.5) is 28.9 Å². The molecule has 5 atom stereocenters. The maximum Gasteiger partial charge on any atom is 0.417 e. The summed E-state index contributed by atoms with van der Waals surface area (Å²) in [6, 6.07) is 15.2. The van der Waals surface area contributed by atoms with Gasteiger partial charge in [0.15, 0.2) is 0 Å². The Labute approximate surface area is 468 Å². The number of alkyl halides is 3. The molecular weight excluding hydrogens is 1050 g/mol. The SMILES string of the molecule is Cc1ncsc1-c1ccc(CNC(=O)[C@@H]2C[C@@H](O)CN2C(=O)C(NC(=O)CCCCCCCCCNC(=O)c2ccc(F)c(-c3ccc(N4C[C@@H](C)N(C)[C@@H](C)C4)c(NC(=O)c4c[nH]c(=O)cc4C(F)(F)F)c3)c2)C(C)(C)C)cc1. The molecule has 2 aromatic heterocycles. The second-order valence-electron chi connectivity index (χ2n) is 22.2. The number of hydrogen-bond acceptors (Lipinski definition) is 11. The molecule has 2 saturated heterocycles. The predicted molar refractivity (Wildman–Crippen MR) is 302 cm³/mol. The average molecular weight is 1130 g/mol. The van der Waals surface area contributed by atoms with Crippen LogP contribution in [0.1, 0.15) is 130 Å². The first-order valence-corrected chi connectivity index (χ1v) is 28.1. The number of aromatic amines is 1. The van der Waals surface area contributed by atoms with Crippen LogP contribution in [0.25, 0.3) is 21.6 Å². The molecule has 430 valence electrons. The van der Waals surface area contributed by atoms with Crippen molar-refractivity contribution in [1.82, 2.24) is 35.7 Å². The van der Waals surface area contributed by atoms with Gasteiger partial charge in [0.1, 0.15) is 17.9 Å². The Bertz CT molecular complexity index is 3060. The van der Waals surface area contributed by atoms with Gasteiger partial charge in [-0.05, 0) is 93.1 Å². The van der Waals surface area contributed by atoms with E-state index in [1.165, 1.54) is 23.1 Å². The number of anilines is 2. The quantitative estimate of drug-likeness (QED) is 0.0303. The summed E-state index contributed by atoms with van der Waals surface area (Å²) in [6.45, 7) is 13.2. The molecule has 5 aromatic rings. The molecular formula is C59H73F4N9O7S. The number of aryl methyl sites for hydroxylation is 1. The minimum atomic E-state index is -5.00. The van der Waals surface area contributed by atoms with E-state index >= 15 is 4.39 Å². The van der Waals surface area contributed by atoms with E-state index < -0.39 is 70.0 Å². The third-order valence-corrected chi connectivity index (χ3v) is 16.0. The zero-order chi connectivity index (χ0) is 58.1. The van der Waals surface area contributed by atoms with Crippen molar-refractivity contribution in [2.24, 2.45) is 5.41 Å². The van der Waals surface area contributed by atoms with Crippen LogP contribution < -0.4 is 31.7 Å². The predicted octanol–water partition coefficient (Wildman–Crippen LogP) is 9.07. The van der Waals surface area contributed by atoms with Crippen molar-refractivity contribution in [2.75, 3.05) is 43.4 Å². The number of likely N-dealkylation sites (N-methyl/N-ethyl adjacent to an activating group) is 1. The van der Waals surface area contributed by atoms with Crippen LogP contribution in [0, 0.1) is 18.2 Å². The normalized spacial score (nSPS) is 18.2. The fourth-order valence-corrected chi connectivity index (χ4v) is 11.1. The number of carbonyl (C=O) groups is 5. The Balaban J connectivity index is 0.854. The number of piperazine rings is 1. The van der Waals surface area contributed by atoms with Crippen molar-refractivity contribution in [3.63, 3.8) is 0 Å². The zero-order valence-corrected chi connectivity index (χ0v) is 47.2. The lowest BCUT2D eigenvalue weighted by molar-refractivity contribution is -0.144. The van der Waals surface area contributed by atoms with Gasteiger partial charge in [0, 0.05) is 81.0 Å². The Morgan fingerprint density at radius 2 is 1.50 bits per heavy atom. The lowest BCUT2D eigenvalue weighted by atomic mass is 9.85. The van der Waals surface area contributed by atoms with Gasteiger partial charge in [0.05, 0.1) is 44.7 Å². The average Bonchev–Trinajstić information content (AvgIpc) is 4.05. The van der Waals surface area contributed by atoms with Crippen molar-refractivity contribution in [2.45, 2.75) is 142 Å². The van der Waals surface area contributed by atoms with E-state index in [9.17, 15) is 47.0 Å². The van der Waals surface area contributed by atoms with Crippen LogP contribution in [-0.4, -0.2) is 118 Å². The van der Waals surface area contributed by atoms with Crippen molar-refractivity contribution >= 4 is 52.2 Å². The lowest BCUT2D eigenvalue weighted by Crippen LogP contribution is -2.57. The molecule has 7 rings (SSSR count). The number of amides is 5. The van der Waals surface area contributed by atoms with E-state index in [1.807, 2.05) is 77.8 Å². The van der Waals surface area contributed by atoms with Crippen molar-refractivity contribution in [1.29, 1.82) is 0 Å². The highest BCUT2D eigenvalue weighted by atomic mass is 32.1. The second kappa shape index (κ2) is 26.5. The molecule has 0 saturated carbocycles. The Morgan fingerprint density at radius 1 is 0.838 bits per heavy atom. The number of nitrogens with one attached hydrogen (secondary N) is 5. The summed E-state index contributed by atoms with van der Waals surface area (Å²) in [6.07, 6.45) is 0.716. The van der Waals surface area contributed by atoms with E-state index in [0.717, 1.165) is 59.9 Å². The summed E-state index contributed by atoms with van der Waals surface area (Å²) < 4.78 is 57.6. The summed E-state index contributed by atoms with van der Waals surface area (Å²) >= 11 is 1.56. The third kappa shape index (κ3) is 15.5. The van der Waals surface area contributed by atoms with Crippen molar-refractivity contribution in [3.8, 4) is 21.6 Å². The van der Waals surface area contributed by atoms with Gasteiger partial charge in [0.25, 0.3) is 11.8 Å². The van der Waals surface area contributed by atoms with E-state index in [1.54, 1.807) is 29.0 Å². The molecule has 80 heavy (non-hydrogen) atoms. The van der Waals surface area contributed by atoms with Gasteiger partial charge < -0.3 is 41.2 Å². The first kappa shape index (κ1) is 60.7. The topological polar surface area (TPSA) is 209 Å². The minimum Gasteiger partial charge on any atom is -0.391 e. The van der Waals surface area contributed by atoms with Crippen LogP contribution in [0.2, 0.25) is 0 Å². The number of pyridine rings is 1. The number of nitrogens with zero attached hydrogens (tertiary/aromatic N) is 4. The van der Waals surface area contributed by atoms with Gasteiger partial charge in [-0.25, -0.2) is 9.37 Å². The number of hydrogen-bond donors (Lipinski definition) is 6. The monoisotopic (exact) mass is 1130 g/mol. The summed E-state index contributed by atoms with van der Waals surface area (Å²) in [7, 11) is 1.99. The number of aromatic nitrogens is 2. The number of carbonyl (C=O) groups excluding carboxylic acids is 5. The summed E-state index contributed by atoms with van der Waals surface area (Å²) in [5, 5.41) is 22.0. The van der Waals surface area contributed by atoms with Crippen molar-refractivity contribution < 1.29 is 46.6 Å². The van der Waals surface area contributed by atoms with Gasteiger partial charge >= 0.3 is 6.18 Å². The van der Waals surface area contributed by atoms with E-state index in [-0.39, 0.29) is 72.2 Å². The Kier molecular flexibility index (Phi) is 20.1. The fraction of sp³-hybridized carbons (Fsp3) is 0.475. The molecule has 2 aliphatic rings. The Hall–Kier alpha value is -6.97. The fourth-order valence-electron chi connectivity index (χ4n) is 10.3. The van der Waals surface area contributed by atoms with Crippen LogP contribution in [0.5, 0.6) is 0 Å². The third-order valence-electron chi connectivity index (χ3n) is 15.0. The lowest BCUT2D eigenvalue weighted by Gasteiger charge is -2.44. The molecule has 2 fully saturated rings. The van der Waals surface area contributed by atoms with Crippen LogP contribution in [0.15, 0.2) is 83.2 Å². The molecule has 4 heterocycles. The number of aliphatic hydroxyl groups is 1. The Morgan fingerprint density at radius 3 is 2.15 bits per heavy atom. The molecule has 0 spiro atoms. The molecule has 2 aliphatic heterocycles. The number of halogens is 4. The highest BCUT2D eigenvalue weighted by Crippen LogP contribution is 2.37. The number of aliphatic hydroxyl groups excluding tert-OH is 1. The standard InChI is InChI=1S/C59H73F4N9O7S/c1-35-31-71(32-36(2)70(35)7)48-23-21-40(26-47(48)68-55(77)44-30-65-51(75)28-45(44)59(61,62)63)43-25-41(20-22-46(43)60)54(76)64-24-14-12-10-8-9-11-13-15-50(74)69-53(58(4,5)6)57(79)72-33-42(73)27-49(72)56(78)66-29-38-16-18-39(19-17-38)52-37(3)67-34-80-52/h16-23,25-26,28,30,34-36,42,49,53,73H,8-15,24,27,29,31-33H2,1-7H3,(H,64,76)(H,65,75)(H,66,78)(H,68,77)(H,69,74)/t35-,36+,42-,49+,53?/m1/s1. The maximum absolute atomic E-state index is 15.6. The van der Waals surface area contributed by atoms with Gasteiger partial charge in [-0.1, -0.05) is 83.2 Å². The highest BCUT2D eigenvalue weighted by Gasteiger charge is 2.44. The van der Waals surface area contributed by atoms with Crippen LogP contribution in [-0.2, 0) is 27.1 Å². The minimum absolute atomic E-state index is 0.0178. The van der Waals surface area contributed by atoms with Gasteiger partial charge in [0.2, 0.25) is 23.3 Å². The number of unbranched alkanes of at least 4 members (excludes halogenated alkanes) is 6. The van der Waals surface area contributed by atoms with E-state index in [2.05, 4.69) is 36.1 Å². The summed E-state index contributed by atoms with van der Waals surface area (Å²) in [5.41, 5.74) is 1.86. The number of thiazole rings is 1. The largest absolute Gasteiger partial charge is 0.417 e. The molecule has 0 radical (unpaired) electrons. The molecule has 16 nitrogen and oxygen atoms in total. The van der Waals surface area contributed by atoms with Crippen LogP contribution in [0.3, 0.4) is 0 Å².